The van der Waals surface area contributed by atoms with Crippen LogP contribution in [0.1, 0.15) is 25.0 Å². The Balaban J connectivity index is 0.00000444. The Morgan fingerprint density at radius 1 is 0.460 bits per heavy atom. The Labute approximate surface area is 379 Å². The van der Waals surface area contributed by atoms with Crippen LogP contribution in [-0.2, 0) is 25.5 Å². The molecule has 1 aliphatic rings. The number of pyridine rings is 1. The molecule has 0 saturated carbocycles. The third kappa shape index (κ3) is 6.41. The van der Waals surface area contributed by atoms with Crippen molar-refractivity contribution in [3.05, 3.63) is 211 Å². The Kier molecular flexibility index (Phi) is 9.31. The van der Waals surface area contributed by atoms with Crippen molar-refractivity contribution in [3.8, 4) is 73.4 Å². The molecular formula is C57H38IrN5-. The van der Waals surface area contributed by atoms with Crippen molar-refractivity contribution in [2.24, 2.45) is 0 Å². The van der Waals surface area contributed by atoms with Crippen molar-refractivity contribution in [2.75, 3.05) is 0 Å². The third-order valence-electron chi connectivity index (χ3n) is 12.6. The molecule has 5 nitrogen and oxygen atoms in total. The minimum atomic E-state index is -0.185. The monoisotopic (exact) mass is 985 g/mol. The van der Waals surface area contributed by atoms with Gasteiger partial charge in [0.15, 0.2) is 11.6 Å². The predicted octanol–water partition coefficient (Wildman–Crippen LogP) is 14.0. The largest absolute Gasteiger partial charge is 0.304 e. The van der Waals surface area contributed by atoms with Crippen molar-refractivity contribution in [1.29, 1.82) is 0 Å². The molecule has 6 heteroatoms. The molecule has 0 spiro atoms. The Morgan fingerprint density at radius 3 is 1.86 bits per heavy atom. The normalized spacial score (nSPS) is 12.6. The van der Waals surface area contributed by atoms with E-state index in [1.165, 1.54) is 22.3 Å². The number of benzene rings is 8. The zero-order valence-corrected chi connectivity index (χ0v) is 36.9. The fraction of sp³-hybridized carbons (Fsp3) is 0.0526. The van der Waals surface area contributed by atoms with Crippen LogP contribution in [0.2, 0.25) is 0 Å². The van der Waals surface area contributed by atoms with Gasteiger partial charge in [-0.25, -0.2) is 4.98 Å². The fourth-order valence-corrected chi connectivity index (χ4v) is 9.50. The van der Waals surface area contributed by atoms with Crippen LogP contribution in [0.5, 0.6) is 0 Å². The first-order valence-corrected chi connectivity index (χ1v) is 21.0. The molecule has 8 aromatic carbocycles. The van der Waals surface area contributed by atoms with Gasteiger partial charge in [0.1, 0.15) is 0 Å². The van der Waals surface area contributed by atoms with Crippen LogP contribution in [-0.4, -0.2) is 24.5 Å². The minimum absolute atomic E-state index is 0. The first-order valence-electron chi connectivity index (χ1n) is 21.0. The molecule has 0 amide bonds. The summed E-state index contributed by atoms with van der Waals surface area (Å²) in [5.41, 5.74) is 15.4. The van der Waals surface area contributed by atoms with Gasteiger partial charge in [-0.05, 0) is 91.8 Å². The third-order valence-corrected chi connectivity index (χ3v) is 12.6. The van der Waals surface area contributed by atoms with Gasteiger partial charge in [0.2, 0.25) is 5.95 Å². The number of aromatic nitrogens is 5. The minimum Gasteiger partial charge on any atom is -0.304 e. The van der Waals surface area contributed by atoms with E-state index in [4.69, 9.17) is 19.9 Å². The van der Waals surface area contributed by atoms with Gasteiger partial charge < -0.3 is 4.98 Å². The van der Waals surface area contributed by atoms with E-state index in [1.54, 1.807) is 0 Å². The summed E-state index contributed by atoms with van der Waals surface area (Å²) in [5.74, 6) is 1.84. The smallest absolute Gasteiger partial charge is 0.238 e. The van der Waals surface area contributed by atoms with Crippen LogP contribution in [0, 0.1) is 6.07 Å². The molecule has 301 valence electrons. The van der Waals surface area contributed by atoms with E-state index in [0.717, 1.165) is 77.2 Å². The maximum absolute atomic E-state index is 5.25. The topological polar surface area (TPSA) is 56.5 Å². The summed E-state index contributed by atoms with van der Waals surface area (Å²) in [4.78, 5) is 20.3. The summed E-state index contributed by atoms with van der Waals surface area (Å²) in [6, 6.07) is 69.9. The molecule has 3 aromatic heterocycles. The van der Waals surface area contributed by atoms with Gasteiger partial charge in [-0.15, -0.1) is 35.4 Å². The number of hydrogen-bond acceptors (Lipinski definition) is 4. The van der Waals surface area contributed by atoms with Crippen molar-refractivity contribution >= 4 is 32.6 Å². The van der Waals surface area contributed by atoms with E-state index in [1.807, 2.05) is 48.7 Å². The number of fused-ring (bicyclic) bond motifs is 7. The zero-order chi connectivity index (χ0) is 41.4. The van der Waals surface area contributed by atoms with Gasteiger partial charge in [0.05, 0.1) is 11.0 Å². The van der Waals surface area contributed by atoms with Crippen LogP contribution in [0.4, 0.5) is 0 Å². The average Bonchev–Trinajstić information content (AvgIpc) is 3.78. The molecule has 0 bridgehead atoms. The van der Waals surface area contributed by atoms with Gasteiger partial charge in [-0.2, -0.15) is 9.97 Å². The van der Waals surface area contributed by atoms with E-state index < -0.39 is 0 Å². The summed E-state index contributed by atoms with van der Waals surface area (Å²) >= 11 is 0. The van der Waals surface area contributed by atoms with Crippen molar-refractivity contribution in [1.82, 2.24) is 24.5 Å². The van der Waals surface area contributed by atoms with E-state index in [0.29, 0.717) is 17.6 Å². The predicted molar refractivity (Wildman–Crippen MR) is 253 cm³/mol. The molecule has 3 heterocycles. The fourth-order valence-electron chi connectivity index (χ4n) is 9.50. The first kappa shape index (κ1) is 38.5. The van der Waals surface area contributed by atoms with Gasteiger partial charge in [-0.3, -0.25) is 4.57 Å². The van der Waals surface area contributed by atoms with E-state index in [9.17, 15) is 0 Å². The molecule has 0 saturated heterocycles. The summed E-state index contributed by atoms with van der Waals surface area (Å²) in [5, 5.41) is 4.57. The van der Waals surface area contributed by atoms with Crippen molar-refractivity contribution in [3.63, 3.8) is 0 Å². The number of hydrogen-bond donors (Lipinski definition) is 0. The van der Waals surface area contributed by atoms with Gasteiger partial charge in [-0.1, -0.05) is 147 Å². The maximum atomic E-state index is 5.25. The standard InChI is InChI=1S/C57H38N5.Ir/c1-57(2)49-26-12-11-25-45(49)46-34-48-47-33-42(40-21-13-20-39(31-40)41-22-14-23-43(32-41)53-44-24-10-9-15-36(44)29-30-58-53)27-28-51(47)62(52(48)35-50(46)57)56-60-54(37-16-5-3-6-17-37)59-55(61-56)38-18-7-4-8-19-38;/h3-22,24-35H,1-2H3;/q-1;. The number of rotatable bonds is 6. The molecule has 0 N–H and O–H groups in total. The molecule has 0 aliphatic heterocycles. The van der Waals surface area contributed by atoms with Gasteiger partial charge in [0.25, 0.3) is 0 Å². The Hall–Kier alpha value is -7.37. The molecule has 11 aromatic rings. The van der Waals surface area contributed by atoms with Crippen molar-refractivity contribution in [2.45, 2.75) is 19.3 Å². The number of nitrogens with zero attached hydrogens (tertiary/aromatic N) is 5. The van der Waals surface area contributed by atoms with Gasteiger partial charge in [0, 0.05) is 53.6 Å². The van der Waals surface area contributed by atoms with Crippen LogP contribution >= 0.6 is 0 Å². The zero-order valence-electron chi connectivity index (χ0n) is 34.5. The summed E-state index contributed by atoms with van der Waals surface area (Å²) in [6.07, 6.45) is 1.88. The molecular weight excluding hydrogens is 947 g/mol. The summed E-state index contributed by atoms with van der Waals surface area (Å²) in [7, 11) is 0. The second-order valence-corrected chi connectivity index (χ2v) is 16.6. The van der Waals surface area contributed by atoms with Crippen LogP contribution in [0.3, 0.4) is 0 Å². The van der Waals surface area contributed by atoms with Crippen LogP contribution in [0.25, 0.3) is 106 Å². The van der Waals surface area contributed by atoms with E-state index in [2.05, 4.69) is 170 Å². The quantitative estimate of drug-likeness (QED) is 0.156. The maximum Gasteiger partial charge on any atom is 0.238 e. The van der Waals surface area contributed by atoms with Gasteiger partial charge >= 0.3 is 0 Å². The second-order valence-electron chi connectivity index (χ2n) is 16.6. The molecule has 63 heavy (non-hydrogen) atoms. The Morgan fingerprint density at radius 2 is 1.10 bits per heavy atom. The average molecular weight is 985 g/mol. The SMILES string of the molecule is CC1(C)c2ccccc2-c2cc3c4cc(-c5cccc(-c6cc[c-]c(-c7nccc8ccccc78)c6)c5)ccc4n(-c4nc(-c5ccccc5)nc(-c5ccccc5)n4)c3cc21.[Ir]. The molecule has 0 unspecified atom stereocenters. The van der Waals surface area contributed by atoms with E-state index in [-0.39, 0.29) is 25.5 Å². The molecule has 0 fully saturated rings. The molecule has 0 atom stereocenters. The molecule has 1 radical (unpaired) electrons. The van der Waals surface area contributed by atoms with E-state index >= 15 is 0 Å². The Bertz CT molecular complexity index is 3490. The summed E-state index contributed by atoms with van der Waals surface area (Å²) in [6.45, 7) is 4.66. The van der Waals surface area contributed by atoms with Crippen LogP contribution < -0.4 is 0 Å². The summed E-state index contributed by atoms with van der Waals surface area (Å²) < 4.78 is 2.24. The first-order chi connectivity index (χ1) is 30.5. The molecule has 1 aliphatic carbocycles. The van der Waals surface area contributed by atoms with Crippen molar-refractivity contribution < 1.29 is 20.1 Å². The molecule has 12 rings (SSSR count). The second kappa shape index (κ2) is 15.2. The van der Waals surface area contributed by atoms with Crippen LogP contribution in [0.15, 0.2) is 194 Å².